The van der Waals surface area contributed by atoms with Gasteiger partial charge in [0.1, 0.15) is 12.2 Å². The molecule has 5 nitrogen and oxygen atoms in total. The van der Waals surface area contributed by atoms with Crippen LogP contribution >= 0.6 is 0 Å². The molecule has 0 aromatic heterocycles. The van der Waals surface area contributed by atoms with Crippen LogP contribution in [0.15, 0.2) is 121 Å². The highest BCUT2D eigenvalue weighted by Gasteiger charge is 2.42. The third-order valence-electron chi connectivity index (χ3n) is 6.95. The Morgan fingerprint density at radius 2 is 0.897 bits per heavy atom. The predicted octanol–water partition coefficient (Wildman–Crippen LogP) is 5.93. The lowest BCUT2D eigenvalue weighted by molar-refractivity contribution is -0.181. The third kappa shape index (κ3) is 8.33. The van der Waals surface area contributed by atoms with E-state index in [-0.39, 0.29) is 24.4 Å². The quantitative estimate of drug-likeness (QED) is 0.235. The van der Waals surface area contributed by atoms with Crippen molar-refractivity contribution in [3.8, 4) is 0 Å². The Balaban J connectivity index is 1.32. The van der Waals surface area contributed by atoms with Crippen molar-refractivity contribution >= 4 is 0 Å². The lowest BCUT2D eigenvalue weighted by atomic mass is 9.95. The molecule has 1 heterocycles. The first-order valence-corrected chi connectivity index (χ1v) is 13.7. The lowest BCUT2D eigenvalue weighted by Gasteiger charge is -2.43. The Bertz CT molecular complexity index is 1210. The maximum Gasteiger partial charge on any atom is 0.113 e. The molecule has 1 aliphatic rings. The molecule has 1 N–H and O–H groups in total. The highest BCUT2D eigenvalue weighted by Crippen LogP contribution is 2.24. The zero-order chi connectivity index (χ0) is 26.5. The number of benzene rings is 4. The number of piperidine rings is 1. The Labute approximate surface area is 231 Å². The Kier molecular flexibility index (Phi) is 10.3. The molecule has 4 aromatic rings. The minimum Gasteiger partial charge on any atom is -0.375 e. The van der Waals surface area contributed by atoms with Crippen LogP contribution in [0.1, 0.15) is 22.3 Å². The second-order valence-corrected chi connectivity index (χ2v) is 9.87. The van der Waals surface area contributed by atoms with Gasteiger partial charge in [0.05, 0.1) is 45.2 Å². The van der Waals surface area contributed by atoms with Crippen LogP contribution in [0.4, 0.5) is 0 Å². The first-order chi connectivity index (χ1) is 19.3. The van der Waals surface area contributed by atoms with Gasteiger partial charge in [-0.25, -0.2) is 0 Å². The van der Waals surface area contributed by atoms with E-state index in [0.29, 0.717) is 39.6 Å². The Morgan fingerprint density at radius 1 is 0.487 bits per heavy atom. The molecule has 1 saturated heterocycles. The van der Waals surface area contributed by atoms with Crippen molar-refractivity contribution in [1.82, 2.24) is 5.32 Å². The third-order valence-corrected chi connectivity index (χ3v) is 6.95. The van der Waals surface area contributed by atoms with E-state index < -0.39 is 0 Å². The van der Waals surface area contributed by atoms with E-state index in [9.17, 15) is 0 Å². The molecule has 0 saturated carbocycles. The van der Waals surface area contributed by atoms with Gasteiger partial charge in [0.2, 0.25) is 0 Å². The summed E-state index contributed by atoms with van der Waals surface area (Å²) in [6.07, 6.45) is -0.719. The fraction of sp³-hybridized carbons (Fsp3) is 0.294. The molecule has 0 aliphatic carbocycles. The average Bonchev–Trinajstić information content (AvgIpc) is 3.00. The minimum absolute atomic E-state index is 0.0465. The van der Waals surface area contributed by atoms with Crippen LogP contribution in [0.25, 0.3) is 0 Å². The molecular weight excluding hydrogens is 486 g/mol. The van der Waals surface area contributed by atoms with Crippen molar-refractivity contribution in [2.75, 3.05) is 13.2 Å². The highest BCUT2D eigenvalue weighted by molar-refractivity contribution is 5.16. The van der Waals surface area contributed by atoms with Crippen molar-refractivity contribution in [3.63, 3.8) is 0 Å². The van der Waals surface area contributed by atoms with E-state index in [2.05, 4.69) is 53.8 Å². The van der Waals surface area contributed by atoms with E-state index in [1.807, 2.05) is 72.8 Å². The molecule has 0 spiro atoms. The average molecular weight is 524 g/mol. The number of hydrogen-bond acceptors (Lipinski definition) is 5. The molecule has 4 aromatic carbocycles. The van der Waals surface area contributed by atoms with Crippen LogP contribution in [0, 0.1) is 0 Å². The molecule has 4 unspecified atom stereocenters. The van der Waals surface area contributed by atoms with Crippen LogP contribution in [-0.4, -0.2) is 37.5 Å². The van der Waals surface area contributed by atoms with Gasteiger partial charge in [0.25, 0.3) is 0 Å². The maximum absolute atomic E-state index is 6.62. The molecule has 1 fully saturated rings. The standard InChI is InChI=1S/C34H37NO4/c1-5-13-27(14-6-1)22-36-26-31-33(38-24-29-17-9-3-10-18-29)34(39-25-30-19-11-4-12-20-30)32(21-35-31)37-23-28-15-7-2-8-16-28/h1-20,31-35H,21-26H2. The van der Waals surface area contributed by atoms with Gasteiger partial charge in [-0.05, 0) is 22.3 Å². The summed E-state index contributed by atoms with van der Waals surface area (Å²) in [4.78, 5) is 0. The summed E-state index contributed by atoms with van der Waals surface area (Å²) in [6, 6.07) is 41.0. The molecule has 5 rings (SSSR count). The fourth-order valence-corrected chi connectivity index (χ4v) is 4.85. The van der Waals surface area contributed by atoms with Crippen molar-refractivity contribution in [2.24, 2.45) is 0 Å². The second-order valence-electron chi connectivity index (χ2n) is 9.87. The zero-order valence-corrected chi connectivity index (χ0v) is 22.2. The Morgan fingerprint density at radius 3 is 1.38 bits per heavy atom. The molecule has 0 bridgehead atoms. The van der Waals surface area contributed by atoms with Crippen molar-refractivity contribution in [3.05, 3.63) is 144 Å². The molecule has 0 amide bonds. The topological polar surface area (TPSA) is 49.0 Å². The molecule has 39 heavy (non-hydrogen) atoms. The van der Waals surface area contributed by atoms with Gasteiger partial charge < -0.3 is 24.3 Å². The number of nitrogens with one attached hydrogen (secondary N) is 1. The van der Waals surface area contributed by atoms with Crippen LogP contribution < -0.4 is 5.32 Å². The maximum atomic E-state index is 6.62. The second kappa shape index (κ2) is 14.7. The van der Waals surface area contributed by atoms with Gasteiger partial charge in [-0.15, -0.1) is 0 Å². The zero-order valence-electron chi connectivity index (χ0n) is 22.2. The summed E-state index contributed by atoms with van der Waals surface area (Å²) in [5, 5.41) is 3.65. The van der Waals surface area contributed by atoms with Gasteiger partial charge in [-0.1, -0.05) is 121 Å². The molecule has 5 heteroatoms. The Hall–Kier alpha value is -3.32. The van der Waals surface area contributed by atoms with E-state index in [1.165, 1.54) is 0 Å². The summed E-state index contributed by atoms with van der Waals surface area (Å²) in [6.45, 7) is 3.19. The monoisotopic (exact) mass is 523 g/mol. The van der Waals surface area contributed by atoms with E-state index in [1.54, 1.807) is 0 Å². The summed E-state index contributed by atoms with van der Waals surface area (Å²) < 4.78 is 25.9. The molecule has 202 valence electrons. The van der Waals surface area contributed by atoms with E-state index in [4.69, 9.17) is 18.9 Å². The predicted molar refractivity (Wildman–Crippen MR) is 153 cm³/mol. The molecule has 4 atom stereocenters. The minimum atomic E-state index is -0.274. The van der Waals surface area contributed by atoms with E-state index >= 15 is 0 Å². The largest absolute Gasteiger partial charge is 0.375 e. The van der Waals surface area contributed by atoms with Gasteiger partial charge in [0.15, 0.2) is 0 Å². The number of ether oxygens (including phenoxy) is 4. The highest BCUT2D eigenvalue weighted by atomic mass is 16.6. The van der Waals surface area contributed by atoms with Gasteiger partial charge >= 0.3 is 0 Å². The van der Waals surface area contributed by atoms with Crippen LogP contribution in [0.5, 0.6) is 0 Å². The summed E-state index contributed by atoms with van der Waals surface area (Å²) in [5.41, 5.74) is 4.53. The van der Waals surface area contributed by atoms with Crippen LogP contribution in [-0.2, 0) is 45.4 Å². The van der Waals surface area contributed by atoms with Crippen LogP contribution in [0.2, 0.25) is 0 Å². The summed E-state index contributed by atoms with van der Waals surface area (Å²) in [5.74, 6) is 0. The number of rotatable bonds is 13. The number of hydrogen-bond donors (Lipinski definition) is 1. The van der Waals surface area contributed by atoms with Crippen molar-refractivity contribution in [1.29, 1.82) is 0 Å². The van der Waals surface area contributed by atoms with Crippen molar-refractivity contribution < 1.29 is 18.9 Å². The van der Waals surface area contributed by atoms with Gasteiger partial charge in [0, 0.05) is 6.54 Å². The van der Waals surface area contributed by atoms with Crippen LogP contribution in [0.3, 0.4) is 0 Å². The molecule has 1 aliphatic heterocycles. The first kappa shape index (κ1) is 27.3. The smallest absolute Gasteiger partial charge is 0.113 e. The first-order valence-electron chi connectivity index (χ1n) is 13.7. The summed E-state index contributed by atoms with van der Waals surface area (Å²) >= 11 is 0. The molecular formula is C34H37NO4. The lowest BCUT2D eigenvalue weighted by Crippen LogP contribution is -2.63. The fourth-order valence-electron chi connectivity index (χ4n) is 4.85. The SMILES string of the molecule is c1ccc(COCC2NCC(OCc3ccccc3)C(OCc3ccccc3)C2OCc2ccccc2)cc1. The summed E-state index contributed by atoms with van der Waals surface area (Å²) in [7, 11) is 0. The van der Waals surface area contributed by atoms with Crippen molar-refractivity contribution in [2.45, 2.75) is 50.8 Å². The molecule has 0 radical (unpaired) electrons. The van der Waals surface area contributed by atoms with E-state index in [0.717, 1.165) is 22.3 Å². The van der Waals surface area contributed by atoms with Gasteiger partial charge in [-0.3, -0.25) is 0 Å². The van der Waals surface area contributed by atoms with Gasteiger partial charge in [-0.2, -0.15) is 0 Å². The normalized spacial score (nSPS) is 21.0.